The van der Waals surface area contributed by atoms with Crippen molar-refractivity contribution in [3.05, 3.63) is 35.9 Å². The number of aliphatic hydroxyl groups is 1. The molecule has 1 fully saturated rings. The van der Waals surface area contributed by atoms with Crippen molar-refractivity contribution in [2.45, 2.75) is 31.4 Å². The molecular weight excluding hydrogens is 230 g/mol. The first-order valence-electron chi connectivity index (χ1n) is 6.36. The number of hydrogen-bond donors (Lipinski definition) is 2. The van der Waals surface area contributed by atoms with Crippen LogP contribution in [-0.2, 0) is 16.0 Å². The van der Waals surface area contributed by atoms with Gasteiger partial charge in [-0.3, -0.25) is 4.79 Å². The minimum atomic E-state index is -0.338. The van der Waals surface area contributed by atoms with Gasteiger partial charge >= 0.3 is 0 Å². The molecule has 1 aromatic carbocycles. The second-order valence-electron chi connectivity index (χ2n) is 4.58. The molecule has 1 aliphatic rings. The number of carbonyl (C=O) groups excluding carboxylic acids is 1. The highest BCUT2D eigenvalue weighted by atomic mass is 16.5. The molecular formula is C14H19NO3. The van der Waals surface area contributed by atoms with Gasteiger partial charge < -0.3 is 15.2 Å². The van der Waals surface area contributed by atoms with Crippen LogP contribution in [0.3, 0.4) is 0 Å². The lowest BCUT2D eigenvalue weighted by Crippen LogP contribution is -2.44. The van der Waals surface area contributed by atoms with Crippen molar-refractivity contribution in [3.63, 3.8) is 0 Å². The summed E-state index contributed by atoms with van der Waals surface area (Å²) in [5, 5.41) is 12.2. The molecule has 4 nitrogen and oxygen atoms in total. The lowest BCUT2D eigenvalue weighted by molar-refractivity contribution is -0.131. The molecule has 0 aromatic heterocycles. The predicted molar refractivity (Wildman–Crippen MR) is 68.1 cm³/mol. The van der Waals surface area contributed by atoms with Gasteiger partial charge in [0.1, 0.15) is 6.10 Å². The van der Waals surface area contributed by atoms with Gasteiger partial charge in [-0.05, 0) is 24.8 Å². The molecule has 1 amide bonds. The molecule has 2 atom stereocenters. The first kappa shape index (κ1) is 13.1. The third-order valence-electron chi connectivity index (χ3n) is 3.11. The molecule has 4 heteroatoms. The van der Waals surface area contributed by atoms with E-state index in [9.17, 15) is 9.90 Å². The molecule has 2 N–H and O–H groups in total. The summed E-state index contributed by atoms with van der Waals surface area (Å²) in [6.07, 6.45) is 2.00. The van der Waals surface area contributed by atoms with Gasteiger partial charge in [0.25, 0.3) is 0 Å². The van der Waals surface area contributed by atoms with Crippen LogP contribution in [0.5, 0.6) is 0 Å². The van der Waals surface area contributed by atoms with Crippen LogP contribution in [0.25, 0.3) is 0 Å². The van der Waals surface area contributed by atoms with Crippen LogP contribution < -0.4 is 5.32 Å². The number of benzene rings is 1. The number of ether oxygens (including phenoxy) is 1. The molecule has 0 bridgehead atoms. The standard InChI is InChI=1S/C14H19NO3/c16-10-12(9-11-5-2-1-3-6-11)15-14(17)13-7-4-8-18-13/h1-3,5-6,12-13,16H,4,7-10H2,(H,15,17). The maximum atomic E-state index is 11.9. The van der Waals surface area contributed by atoms with E-state index in [2.05, 4.69) is 5.32 Å². The van der Waals surface area contributed by atoms with Crippen molar-refractivity contribution in [2.75, 3.05) is 13.2 Å². The summed E-state index contributed by atoms with van der Waals surface area (Å²) in [5.41, 5.74) is 1.10. The quantitative estimate of drug-likeness (QED) is 0.814. The van der Waals surface area contributed by atoms with E-state index in [0.29, 0.717) is 13.0 Å². The highest BCUT2D eigenvalue weighted by molar-refractivity contribution is 5.81. The van der Waals surface area contributed by atoms with Crippen LogP contribution in [0, 0.1) is 0 Å². The number of amides is 1. The maximum Gasteiger partial charge on any atom is 0.249 e. The summed E-state index contributed by atoms with van der Waals surface area (Å²) in [6.45, 7) is 0.591. The highest BCUT2D eigenvalue weighted by Crippen LogP contribution is 2.12. The first-order chi connectivity index (χ1) is 8.79. The van der Waals surface area contributed by atoms with Crippen LogP contribution >= 0.6 is 0 Å². The fraction of sp³-hybridized carbons (Fsp3) is 0.500. The zero-order valence-electron chi connectivity index (χ0n) is 10.3. The van der Waals surface area contributed by atoms with Crippen LogP contribution in [-0.4, -0.2) is 36.4 Å². The fourth-order valence-corrected chi connectivity index (χ4v) is 2.14. The van der Waals surface area contributed by atoms with Gasteiger partial charge in [0.05, 0.1) is 12.6 Å². The Hall–Kier alpha value is -1.39. The summed E-state index contributed by atoms with van der Waals surface area (Å²) < 4.78 is 5.32. The Balaban J connectivity index is 1.87. The molecule has 1 aromatic rings. The fourth-order valence-electron chi connectivity index (χ4n) is 2.14. The largest absolute Gasteiger partial charge is 0.394 e. The van der Waals surface area contributed by atoms with E-state index in [1.54, 1.807) is 0 Å². The van der Waals surface area contributed by atoms with Crippen molar-refractivity contribution in [2.24, 2.45) is 0 Å². The zero-order valence-corrected chi connectivity index (χ0v) is 10.3. The summed E-state index contributed by atoms with van der Waals surface area (Å²) in [5.74, 6) is -0.109. The van der Waals surface area contributed by atoms with E-state index in [-0.39, 0.29) is 24.7 Å². The Morgan fingerprint density at radius 2 is 2.22 bits per heavy atom. The molecule has 0 aliphatic carbocycles. The predicted octanol–water partition coefficient (Wildman–Crippen LogP) is 0.885. The third-order valence-corrected chi connectivity index (χ3v) is 3.11. The summed E-state index contributed by atoms with van der Waals surface area (Å²) in [7, 11) is 0. The Kier molecular flexibility index (Phi) is 4.73. The Morgan fingerprint density at radius 1 is 1.44 bits per heavy atom. The SMILES string of the molecule is O=C(NC(CO)Cc1ccccc1)C1CCCO1. The van der Waals surface area contributed by atoms with Crippen molar-refractivity contribution >= 4 is 5.91 Å². The third kappa shape index (κ3) is 3.55. The van der Waals surface area contributed by atoms with Gasteiger partial charge in [-0.15, -0.1) is 0 Å². The van der Waals surface area contributed by atoms with E-state index < -0.39 is 0 Å². The van der Waals surface area contributed by atoms with Gasteiger partial charge in [0.15, 0.2) is 0 Å². The lowest BCUT2D eigenvalue weighted by atomic mass is 10.1. The Bertz CT molecular complexity index is 374. The van der Waals surface area contributed by atoms with Crippen molar-refractivity contribution < 1.29 is 14.6 Å². The average Bonchev–Trinajstić information content (AvgIpc) is 2.93. The smallest absolute Gasteiger partial charge is 0.249 e. The van der Waals surface area contributed by atoms with Crippen molar-refractivity contribution in [1.82, 2.24) is 5.32 Å². The highest BCUT2D eigenvalue weighted by Gasteiger charge is 2.25. The van der Waals surface area contributed by atoms with E-state index in [1.807, 2.05) is 30.3 Å². The minimum absolute atomic E-state index is 0.0621. The minimum Gasteiger partial charge on any atom is -0.394 e. The van der Waals surface area contributed by atoms with Crippen LogP contribution in [0.15, 0.2) is 30.3 Å². The second kappa shape index (κ2) is 6.52. The molecule has 0 saturated carbocycles. The van der Waals surface area contributed by atoms with Crippen LogP contribution in [0.2, 0.25) is 0 Å². The van der Waals surface area contributed by atoms with E-state index in [1.165, 1.54) is 0 Å². The molecule has 1 aliphatic heterocycles. The van der Waals surface area contributed by atoms with E-state index in [0.717, 1.165) is 18.4 Å². The van der Waals surface area contributed by atoms with E-state index >= 15 is 0 Å². The number of nitrogens with one attached hydrogen (secondary N) is 1. The average molecular weight is 249 g/mol. The Morgan fingerprint density at radius 3 is 2.83 bits per heavy atom. The molecule has 1 heterocycles. The number of carbonyl (C=O) groups is 1. The molecule has 0 radical (unpaired) electrons. The zero-order chi connectivity index (χ0) is 12.8. The monoisotopic (exact) mass is 249 g/mol. The van der Waals surface area contributed by atoms with Gasteiger partial charge in [0, 0.05) is 6.61 Å². The van der Waals surface area contributed by atoms with Gasteiger partial charge in [0.2, 0.25) is 5.91 Å². The van der Waals surface area contributed by atoms with Crippen molar-refractivity contribution in [1.29, 1.82) is 0 Å². The summed E-state index contributed by atoms with van der Waals surface area (Å²) in [6, 6.07) is 9.57. The maximum absolute atomic E-state index is 11.9. The second-order valence-corrected chi connectivity index (χ2v) is 4.58. The van der Waals surface area contributed by atoms with Crippen LogP contribution in [0.1, 0.15) is 18.4 Å². The molecule has 0 spiro atoms. The number of hydrogen-bond acceptors (Lipinski definition) is 3. The first-order valence-corrected chi connectivity index (χ1v) is 6.36. The molecule has 18 heavy (non-hydrogen) atoms. The molecule has 1 saturated heterocycles. The van der Waals surface area contributed by atoms with Gasteiger partial charge in [-0.25, -0.2) is 0 Å². The van der Waals surface area contributed by atoms with Crippen molar-refractivity contribution in [3.8, 4) is 0 Å². The van der Waals surface area contributed by atoms with Gasteiger partial charge in [-0.2, -0.15) is 0 Å². The molecule has 2 rings (SSSR count). The summed E-state index contributed by atoms with van der Waals surface area (Å²) in [4.78, 5) is 11.9. The molecule has 2 unspecified atom stereocenters. The van der Waals surface area contributed by atoms with E-state index in [4.69, 9.17) is 4.74 Å². The normalized spacial score (nSPS) is 20.6. The molecule has 98 valence electrons. The Labute approximate surface area is 107 Å². The van der Waals surface area contributed by atoms with Gasteiger partial charge in [-0.1, -0.05) is 30.3 Å². The van der Waals surface area contributed by atoms with Crippen LogP contribution in [0.4, 0.5) is 0 Å². The lowest BCUT2D eigenvalue weighted by Gasteiger charge is -2.18. The summed E-state index contributed by atoms with van der Waals surface area (Å²) >= 11 is 0. The topological polar surface area (TPSA) is 58.6 Å². The number of aliphatic hydroxyl groups excluding tert-OH is 1. The number of rotatable bonds is 5.